The van der Waals surface area contributed by atoms with Gasteiger partial charge in [0.15, 0.2) is 23.5 Å². The molecule has 12 nitrogen and oxygen atoms in total. The highest BCUT2D eigenvalue weighted by Crippen LogP contribution is 2.30. The van der Waals surface area contributed by atoms with E-state index in [4.69, 9.17) is 9.31 Å². The van der Waals surface area contributed by atoms with Crippen LogP contribution in [0.2, 0.25) is 0 Å². The lowest BCUT2D eigenvalue weighted by Crippen LogP contribution is -2.10. The first-order valence-corrected chi connectivity index (χ1v) is 13.5. The van der Waals surface area contributed by atoms with E-state index in [2.05, 4.69) is 20.5 Å². The molecule has 4 aromatic carbocycles. The predicted molar refractivity (Wildman–Crippen MR) is 166 cm³/mol. The zero-order chi connectivity index (χ0) is 31.2. The van der Waals surface area contributed by atoms with Gasteiger partial charge in [-0.15, -0.1) is 0 Å². The summed E-state index contributed by atoms with van der Waals surface area (Å²) in [5.74, 6) is 0.681. The Morgan fingerprint density at radius 1 is 0.422 bits per heavy atom. The predicted octanol–water partition coefficient (Wildman–Crippen LogP) is 7.91. The van der Waals surface area contributed by atoms with Gasteiger partial charge in [-0.25, -0.2) is 0 Å². The van der Waals surface area contributed by atoms with Crippen molar-refractivity contribution in [3.8, 4) is 46.4 Å². The molecule has 0 saturated carbocycles. The molecule has 0 spiro atoms. The van der Waals surface area contributed by atoms with E-state index in [0.29, 0.717) is 45.6 Å². The Balaban J connectivity index is 1.02. The summed E-state index contributed by atoms with van der Waals surface area (Å²) in [5.41, 5.74) is 3.44. The van der Waals surface area contributed by atoms with Crippen molar-refractivity contribution in [1.82, 2.24) is 9.13 Å². The van der Waals surface area contributed by atoms with Gasteiger partial charge in [0.25, 0.3) is 0 Å². The van der Waals surface area contributed by atoms with Crippen molar-refractivity contribution >= 4 is 30.4 Å². The molecule has 13 heteroatoms. The first-order chi connectivity index (χ1) is 21.9. The van der Waals surface area contributed by atoms with Crippen molar-refractivity contribution in [2.75, 3.05) is 0 Å². The Bertz CT molecular complexity index is 1800. The molecule has 0 fully saturated rings. The van der Waals surface area contributed by atoms with Crippen LogP contribution in [0, 0.1) is 0 Å². The molecule has 0 aliphatic carbocycles. The molecule has 0 unspecified atom stereocenters. The minimum Gasteiger partial charge on any atom is -0.526 e. The second kappa shape index (κ2) is 12.8. The molecule has 1 radical (unpaired) electrons. The lowest BCUT2D eigenvalue weighted by molar-refractivity contribution is 0.401. The van der Waals surface area contributed by atoms with Gasteiger partial charge in [0, 0.05) is 36.4 Å². The minimum absolute atomic E-state index is 0.0732. The molecular weight excluding hydrogens is 575 g/mol. The van der Waals surface area contributed by atoms with Crippen molar-refractivity contribution in [3.05, 3.63) is 121 Å². The van der Waals surface area contributed by atoms with E-state index in [-0.39, 0.29) is 23.5 Å². The van der Waals surface area contributed by atoms with Crippen LogP contribution >= 0.6 is 0 Å². The van der Waals surface area contributed by atoms with Crippen LogP contribution in [0.25, 0.3) is 11.4 Å². The molecule has 0 bridgehead atoms. The molecule has 0 aliphatic heterocycles. The average molecular weight is 599 g/mol. The van der Waals surface area contributed by atoms with Gasteiger partial charge in [-0.3, -0.25) is 9.13 Å². The maximum absolute atomic E-state index is 9.89. The summed E-state index contributed by atoms with van der Waals surface area (Å²) in [6.07, 6.45) is 0. The number of hydrogen-bond acceptors (Lipinski definition) is 10. The van der Waals surface area contributed by atoms with Crippen molar-refractivity contribution in [1.29, 1.82) is 0 Å². The average Bonchev–Trinajstić information content (AvgIpc) is 3.58. The number of benzene rings is 4. The van der Waals surface area contributed by atoms with Crippen LogP contribution in [0.3, 0.4) is 0 Å². The molecule has 221 valence electrons. The topological polar surface area (TPSA) is 159 Å². The van der Waals surface area contributed by atoms with Gasteiger partial charge in [0.2, 0.25) is 0 Å². The van der Waals surface area contributed by atoms with Gasteiger partial charge < -0.3 is 29.7 Å². The maximum atomic E-state index is 9.89. The van der Waals surface area contributed by atoms with Gasteiger partial charge in [-0.05, 0) is 72.8 Å². The van der Waals surface area contributed by atoms with Crippen molar-refractivity contribution < 1.29 is 29.7 Å². The SMILES string of the molecule is Oc1ccc(O)n1-c1ccc(N=Nc2cccc(O[B]Oc3cccc(N=Nc4ccc(-n5c(O)ccc5O)cc4)c3)c2)cc1. The molecule has 0 amide bonds. The second-order valence-electron chi connectivity index (χ2n) is 9.53. The Kier molecular flexibility index (Phi) is 8.14. The zero-order valence-corrected chi connectivity index (χ0v) is 23.4. The third-order valence-electron chi connectivity index (χ3n) is 6.46. The largest absolute Gasteiger partial charge is 0.658 e. The highest BCUT2D eigenvalue weighted by molar-refractivity contribution is 6.20. The van der Waals surface area contributed by atoms with Crippen molar-refractivity contribution in [2.24, 2.45) is 20.5 Å². The van der Waals surface area contributed by atoms with Gasteiger partial charge in [0.1, 0.15) is 11.5 Å². The fourth-order valence-corrected chi connectivity index (χ4v) is 4.30. The zero-order valence-electron chi connectivity index (χ0n) is 23.4. The molecule has 0 atom stereocenters. The fourth-order valence-electron chi connectivity index (χ4n) is 4.30. The molecule has 0 saturated heterocycles. The smallest absolute Gasteiger partial charge is 0.526 e. The third kappa shape index (κ3) is 6.78. The van der Waals surface area contributed by atoms with Crippen LogP contribution in [0.15, 0.2) is 142 Å². The summed E-state index contributed by atoms with van der Waals surface area (Å²) in [5, 5.41) is 56.5. The standard InChI is InChI=1S/C32H24BN6O6/c40-29-15-16-30(41)38(29)25-11-7-21(8-12-25)34-36-23-3-1-5-27(19-23)44-33-45-28-6-2-4-24(20-28)37-35-22-9-13-26(14-10-22)39-31(42)17-18-32(39)43/h1-20,40-43H. The van der Waals surface area contributed by atoms with Crippen LogP contribution < -0.4 is 9.31 Å². The molecular formula is C32H24BN6O6. The number of aromatic nitrogens is 2. The number of hydrogen-bond donors (Lipinski definition) is 4. The van der Waals surface area contributed by atoms with E-state index in [9.17, 15) is 20.4 Å². The third-order valence-corrected chi connectivity index (χ3v) is 6.46. The van der Waals surface area contributed by atoms with E-state index in [1.165, 1.54) is 41.1 Å². The monoisotopic (exact) mass is 599 g/mol. The lowest BCUT2D eigenvalue weighted by atomic mass is 10.2. The summed E-state index contributed by atoms with van der Waals surface area (Å²) >= 11 is 0. The molecule has 2 aromatic heterocycles. The van der Waals surface area contributed by atoms with Crippen molar-refractivity contribution in [3.63, 3.8) is 0 Å². The van der Waals surface area contributed by atoms with Crippen LogP contribution in [0.1, 0.15) is 0 Å². The van der Waals surface area contributed by atoms with Crippen molar-refractivity contribution in [2.45, 2.75) is 0 Å². The fraction of sp³-hybridized carbons (Fsp3) is 0. The van der Waals surface area contributed by atoms with Gasteiger partial charge in [-0.2, -0.15) is 20.5 Å². The van der Waals surface area contributed by atoms with E-state index < -0.39 is 0 Å². The highest BCUT2D eigenvalue weighted by Gasteiger charge is 2.09. The normalized spacial score (nSPS) is 11.3. The Hall–Kier alpha value is -6.50. The summed E-state index contributed by atoms with van der Waals surface area (Å²) < 4.78 is 13.8. The molecule has 45 heavy (non-hydrogen) atoms. The highest BCUT2D eigenvalue weighted by atomic mass is 16.6. The summed E-state index contributed by atoms with van der Waals surface area (Å²) in [6, 6.07) is 33.3. The molecule has 6 rings (SSSR count). The Morgan fingerprint density at radius 3 is 1.16 bits per heavy atom. The van der Waals surface area contributed by atoms with Gasteiger partial charge in [0.05, 0.1) is 34.1 Å². The van der Waals surface area contributed by atoms with Crippen LogP contribution in [0.5, 0.6) is 35.0 Å². The summed E-state index contributed by atoms with van der Waals surface area (Å²) in [4.78, 5) is 0. The second-order valence-corrected chi connectivity index (χ2v) is 9.53. The Labute approximate surface area is 257 Å². The minimum atomic E-state index is -0.0732. The van der Waals surface area contributed by atoms with E-state index >= 15 is 0 Å². The number of nitrogens with zero attached hydrogens (tertiary/aromatic N) is 6. The maximum Gasteiger partial charge on any atom is 0.658 e. The first-order valence-electron chi connectivity index (χ1n) is 13.5. The number of rotatable bonds is 10. The van der Waals surface area contributed by atoms with Crippen LogP contribution in [-0.4, -0.2) is 37.2 Å². The number of aromatic hydroxyl groups is 4. The van der Waals surface area contributed by atoms with Crippen LogP contribution in [-0.2, 0) is 0 Å². The first kappa shape index (κ1) is 28.6. The molecule has 2 heterocycles. The van der Waals surface area contributed by atoms with E-state index in [1.807, 2.05) is 0 Å². The lowest BCUT2D eigenvalue weighted by Gasteiger charge is -2.07. The quantitative estimate of drug-likeness (QED) is 0.0925. The van der Waals surface area contributed by atoms with Gasteiger partial charge in [-0.1, -0.05) is 12.1 Å². The van der Waals surface area contributed by atoms with E-state index in [0.717, 1.165) is 0 Å². The summed E-state index contributed by atoms with van der Waals surface area (Å²) in [7, 11) is 1.20. The molecule has 6 aromatic rings. The van der Waals surface area contributed by atoms with Gasteiger partial charge >= 0.3 is 7.69 Å². The molecule has 4 N–H and O–H groups in total. The Morgan fingerprint density at radius 2 is 0.778 bits per heavy atom. The van der Waals surface area contributed by atoms with E-state index in [1.54, 1.807) is 97.1 Å². The van der Waals surface area contributed by atoms with Crippen LogP contribution in [0.4, 0.5) is 22.7 Å². The summed E-state index contributed by atoms with van der Waals surface area (Å²) in [6.45, 7) is 0. The molecule has 0 aliphatic rings. The number of azo groups is 2.